The van der Waals surface area contributed by atoms with Crippen molar-refractivity contribution in [3.05, 3.63) is 60.2 Å². The van der Waals surface area contributed by atoms with Gasteiger partial charge in [-0.3, -0.25) is 0 Å². The fourth-order valence-corrected chi connectivity index (χ4v) is 6.43. The molecule has 2 saturated heterocycles. The zero-order chi connectivity index (χ0) is 26.4. The molecule has 2 aromatic carbocycles. The number of alkyl carbamates (subject to hydrolysis) is 1. The SMILES string of the molecule is CC(C)CN(CCC(Cc1ccccc1)NC(=O)OC1COC2OCCC12)S(=O)(=O)c1ccc(N)cc1. The van der Waals surface area contributed by atoms with Gasteiger partial charge in [0.1, 0.15) is 6.10 Å². The van der Waals surface area contributed by atoms with E-state index in [1.807, 2.05) is 44.2 Å². The minimum atomic E-state index is -3.74. The Balaban J connectivity index is 1.45. The van der Waals surface area contributed by atoms with Crippen LogP contribution in [0.25, 0.3) is 0 Å². The second-order valence-corrected chi connectivity index (χ2v) is 12.1. The number of anilines is 1. The third-order valence-electron chi connectivity index (χ3n) is 6.70. The van der Waals surface area contributed by atoms with Gasteiger partial charge in [0.25, 0.3) is 0 Å². The normalized spacial score (nSPS) is 22.2. The maximum Gasteiger partial charge on any atom is 0.407 e. The summed E-state index contributed by atoms with van der Waals surface area (Å²) in [6, 6.07) is 15.7. The van der Waals surface area contributed by atoms with E-state index in [1.54, 1.807) is 12.1 Å². The second-order valence-electron chi connectivity index (χ2n) is 10.1. The summed E-state index contributed by atoms with van der Waals surface area (Å²) in [6.07, 6.45) is 0.571. The van der Waals surface area contributed by atoms with Crippen LogP contribution in [0, 0.1) is 11.8 Å². The van der Waals surface area contributed by atoms with Gasteiger partial charge >= 0.3 is 6.09 Å². The Labute approximate surface area is 219 Å². The van der Waals surface area contributed by atoms with E-state index < -0.39 is 16.1 Å². The fourth-order valence-electron chi connectivity index (χ4n) is 4.82. The third kappa shape index (κ3) is 7.22. The predicted octanol–water partition coefficient (Wildman–Crippen LogP) is 3.40. The number of amides is 1. The largest absolute Gasteiger partial charge is 0.443 e. The summed E-state index contributed by atoms with van der Waals surface area (Å²) in [6.45, 7) is 5.47. The number of benzene rings is 2. The molecule has 0 bridgehead atoms. The molecule has 2 aliphatic rings. The minimum Gasteiger partial charge on any atom is -0.443 e. The maximum absolute atomic E-state index is 13.5. The van der Waals surface area contributed by atoms with Gasteiger partial charge < -0.3 is 25.3 Å². The lowest BCUT2D eigenvalue weighted by atomic mass is 10.0. The number of rotatable bonds is 11. The number of sulfonamides is 1. The molecule has 9 nitrogen and oxygen atoms in total. The van der Waals surface area contributed by atoms with Crippen LogP contribution in [0.5, 0.6) is 0 Å². The third-order valence-corrected chi connectivity index (χ3v) is 8.58. The molecule has 0 aromatic heterocycles. The van der Waals surface area contributed by atoms with Crippen LogP contribution in [-0.2, 0) is 30.7 Å². The number of fused-ring (bicyclic) bond motifs is 1. The highest BCUT2D eigenvalue weighted by atomic mass is 32.2. The first kappa shape index (κ1) is 27.4. The number of nitrogen functional groups attached to an aromatic ring is 1. The summed E-state index contributed by atoms with van der Waals surface area (Å²) < 4.78 is 45.2. The van der Waals surface area contributed by atoms with Crippen LogP contribution in [-0.4, -0.2) is 63.6 Å². The number of nitrogens with two attached hydrogens (primary N) is 1. The summed E-state index contributed by atoms with van der Waals surface area (Å²) in [4.78, 5) is 13.1. The molecule has 0 spiro atoms. The van der Waals surface area contributed by atoms with Crippen molar-refractivity contribution in [1.82, 2.24) is 9.62 Å². The highest BCUT2D eigenvalue weighted by Gasteiger charge is 2.44. The van der Waals surface area contributed by atoms with Crippen molar-refractivity contribution in [3.8, 4) is 0 Å². The molecule has 2 fully saturated rings. The molecule has 4 unspecified atom stereocenters. The Hall–Kier alpha value is -2.66. The van der Waals surface area contributed by atoms with E-state index in [0.717, 1.165) is 12.0 Å². The summed E-state index contributed by atoms with van der Waals surface area (Å²) in [7, 11) is -3.74. The Morgan fingerprint density at radius 2 is 1.86 bits per heavy atom. The molecule has 1 amide bonds. The van der Waals surface area contributed by atoms with Crippen LogP contribution in [0.1, 0.15) is 32.3 Å². The molecule has 0 radical (unpaired) electrons. The van der Waals surface area contributed by atoms with Crippen molar-refractivity contribution in [2.45, 2.75) is 56.4 Å². The van der Waals surface area contributed by atoms with Crippen LogP contribution >= 0.6 is 0 Å². The van der Waals surface area contributed by atoms with Crippen LogP contribution in [0.15, 0.2) is 59.5 Å². The maximum atomic E-state index is 13.5. The topological polar surface area (TPSA) is 120 Å². The highest BCUT2D eigenvalue weighted by Crippen LogP contribution is 2.33. The van der Waals surface area contributed by atoms with E-state index in [-0.39, 0.29) is 41.7 Å². The van der Waals surface area contributed by atoms with E-state index in [1.165, 1.54) is 16.4 Å². The van der Waals surface area contributed by atoms with Gasteiger partial charge in [0.15, 0.2) is 6.29 Å². The fraction of sp³-hybridized carbons (Fsp3) is 0.519. The molecule has 0 aliphatic carbocycles. The van der Waals surface area contributed by atoms with Gasteiger partial charge in [-0.2, -0.15) is 4.31 Å². The summed E-state index contributed by atoms with van der Waals surface area (Å²) in [5.74, 6) is 0.169. The van der Waals surface area contributed by atoms with Gasteiger partial charge in [0.05, 0.1) is 24.0 Å². The Morgan fingerprint density at radius 1 is 1.14 bits per heavy atom. The van der Waals surface area contributed by atoms with E-state index >= 15 is 0 Å². The van der Waals surface area contributed by atoms with Crippen molar-refractivity contribution >= 4 is 21.8 Å². The van der Waals surface area contributed by atoms with Gasteiger partial charge in [-0.05, 0) is 55.0 Å². The lowest BCUT2D eigenvalue weighted by molar-refractivity contribution is -0.0907. The zero-order valence-corrected chi connectivity index (χ0v) is 22.2. The molecule has 0 saturated carbocycles. The standard InChI is InChI=1S/C27H37N3O6S/c1-19(2)17-30(37(32,33)23-10-8-21(28)9-11-23)14-12-22(16-20-6-4-3-5-7-20)29-27(31)36-25-18-35-26-24(25)13-15-34-26/h3-11,19,22,24-26H,12-18,28H2,1-2H3,(H,29,31). The molecule has 4 rings (SSSR count). The van der Waals surface area contributed by atoms with Gasteiger partial charge in [0.2, 0.25) is 10.0 Å². The molecule has 10 heteroatoms. The van der Waals surface area contributed by atoms with Crippen molar-refractivity contribution in [1.29, 1.82) is 0 Å². The molecule has 202 valence electrons. The Kier molecular flexibility index (Phi) is 9.07. The van der Waals surface area contributed by atoms with Crippen molar-refractivity contribution in [3.63, 3.8) is 0 Å². The number of carbonyl (C=O) groups excluding carboxylic acids is 1. The highest BCUT2D eigenvalue weighted by molar-refractivity contribution is 7.89. The molecule has 2 aromatic rings. The van der Waals surface area contributed by atoms with Gasteiger partial charge in [-0.25, -0.2) is 13.2 Å². The number of carbonyl (C=O) groups is 1. The number of nitrogens with zero attached hydrogens (tertiary/aromatic N) is 1. The number of hydrogen-bond acceptors (Lipinski definition) is 7. The average molecular weight is 532 g/mol. The Bertz CT molecular complexity index is 1130. The van der Waals surface area contributed by atoms with Crippen molar-refractivity contribution in [2.24, 2.45) is 11.8 Å². The Morgan fingerprint density at radius 3 is 2.57 bits per heavy atom. The molecular weight excluding hydrogens is 494 g/mol. The molecular formula is C27H37N3O6S. The quantitative estimate of drug-likeness (QED) is 0.427. The minimum absolute atomic E-state index is 0.0462. The molecule has 3 N–H and O–H groups in total. The molecule has 2 aliphatic heterocycles. The zero-order valence-electron chi connectivity index (χ0n) is 21.4. The number of ether oxygens (including phenoxy) is 3. The van der Waals surface area contributed by atoms with Crippen LogP contribution in [0.4, 0.5) is 10.5 Å². The average Bonchev–Trinajstić information content (AvgIpc) is 3.47. The lowest BCUT2D eigenvalue weighted by Crippen LogP contribution is -2.43. The van der Waals surface area contributed by atoms with Gasteiger partial charge in [-0.1, -0.05) is 44.2 Å². The summed E-state index contributed by atoms with van der Waals surface area (Å²) in [5, 5.41) is 2.98. The first-order valence-corrected chi connectivity index (χ1v) is 14.3. The van der Waals surface area contributed by atoms with E-state index in [9.17, 15) is 13.2 Å². The predicted molar refractivity (Wildman–Crippen MR) is 140 cm³/mol. The molecule has 4 atom stereocenters. The van der Waals surface area contributed by atoms with Crippen LogP contribution < -0.4 is 11.1 Å². The number of hydrogen-bond donors (Lipinski definition) is 2. The molecule has 2 heterocycles. The van der Waals surface area contributed by atoms with E-state index in [4.69, 9.17) is 19.9 Å². The monoisotopic (exact) mass is 531 g/mol. The van der Waals surface area contributed by atoms with Crippen LogP contribution in [0.3, 0.4) is 0 Å². The number of nitrogens with one attached hydrogen (secondary N) is 1. The summed E-state index contributed by atoms with van der Waals surface area (Å²) >= 11 is 0. The lowest BCUT2D eigenvalue weighted by Gasteiger charge is -2.27. The first-order chi connectivity index (χ1) is 17.7. The smallest absolute Gasteiger partial charge is 0.407 e. The van der Waals surface area contributed by atoms with E-state index in [2.05, 4.69) is 5.32 Å². The molecule has 37 heavy (non-hydrogen) atoms. The van der Waals surface area contributed by atoms with Crippen molar-refractivity contribution < 1.29 is 27.4 Å². The first-order valence-electron chi connectivity index (χ1n) is 12.8. The summed E-state index contributed by atoms with van der Waals surface area (Å²) in [5.41, 5.74) is 7.30. The van der Waals surface area contributed by atoms with E-state index in [0.29, 0.717) is 38.3 Å². The van der Waals surface area contributed by atoms with Crippen molar-refractivity contribution in [2.75, 3.05) is 32.0 Å². The second kappa shape index (κ2) is 12.3. The van der Waals surface area contributed by atoms with Gasteiger partial charge in [0, 0.05) is 24.8 Å². The van der Waals surface area contributed by atoms with Crippen LogP contribution in [0.2, 0.25) is 0 Å². The van der Waals surface area contributed by atoms with Gasteiger partial charge in [-0.15, -0.1) is 0 Å².